The van der Waals surface area contributed by atoms with Gasteiger partial charge in [-0.15, -0.1) is 0 Å². The average Bonchev–Trinajstić information content (AvgIpc) is 1.54. The van der Waals surface area contributed by atoms with E-state index in [1.807, 2.05) is 12.1 Å². The SMILES string of the molecule is CC(C)(C)c1ccc(-c2ccc3c(c2)c2cccc4c5c6ccccc6ccc5n3c24)cc1.C[Si](C)(C)c1ccc2c(c1)c1cccc3c4c5ccccc5ccc4n2c13.Cc1ccc2c(c1)c1cccc3c4c5ccccc5ccc4n2c13.N#Cc1ccc2c(c1)c1cccc3c4c5ccccc5ccc4n2c13.c1ccc2c(c1)ccc1cc(-c3ccc4c(c3)c3cccc5c6c7ccccc7ccc6n4c35)ccc12. The van der Waals surface area contributed by atoms with E-state index in [-0.39, 0.29) is 5.41 Å². The van der Waals surface area contributed by atoms with Crippen molar-refractivity contribution in [3.8, 4) is 28.3 Å². The second-order valence-corrected chi connectivity index (χ2v) is 47.5. The molecule has 0 atom stereocenters. The molecule has 10 heterocycles. The average molecular weight is 1880 g/mol. The minimum absolute atomic E-state index is 0.168. The molecule has 7 heteroatoms. The van der Waals surface area contributed by atoms with E-state index in [1.165, 1.54) is 294 Å². The lowest BCUT2D eigenvalue weighted by molar-refractivity contribution is 0.590. The fraction of sp³-hybridized carbons (Fsp3) is 0.0576. The highest BCUT2D eigenvalue weighted by atomic mass is 28.3. The maximum atomic E-state index is 9.26. The Morgan fingerprint density at radius 3 is 0.829 bits per heavy atom. The Bertz CT molecular complexity index is 11600. The molecule has 34 aromatic rings. The first kappa shape index (κ1) is 83.6. The highest BCUT2D eigenvalue weighted by molar-refractivity contribution is 6.88. The number of nitriles is 1. The molecule has 0 spiro atoms. The molecule has 0 saturated heterocycles. The Labute approximate surface area is 840 Å². The topological polar surface area (TPSA) is 45.8 Å². The summed E-state index contributed by atoms with van der Waals surface area (Å²) >= 11 is 0. The van der Waals surface area contributed by atoms with Crippen LogP contribution >= 0.6 is 0 Å². The van der Waals surface area contributed by atoms with Crippen LogP contribution in [0.25, 0.3) is 288 Å². The van der Waals surface area contributed by atoms with Gasteiger partial charge in [-0.2, -0.15) is 5.26 Å². The summed E-state index contributed by atoms with van der Waals surface area (Å²) in [4.78, 5) is 0. The van der Waals surface area contributed by atoms with Crippen molar-refractivity contribution in [2.45, 2.75) is 52.8 Å². The predicted octanol–water partition coefficient (Wildman–Crippen LogP) is 37.6. The van der Waals surface area contributed by atoms with Crippen molar-refractivity contribution in [2.24, 2.45) is 0 Å². The van der Waals surface area contributed by atoms with Crippen LogP contribution in [0.2, 0.25) is 19.6 Å². The van der Waals surface area contributed by atoms with Crippen LogP contribution in [0.3, 0.4) is 0 Å². The summed E-state index contributed by atoms with van der Waals surface area (Å²) < 4.78 is 12.2. The third-order valence-corrected chi connectivity index (χ3v) is 34.4. The molecule has 24 aromatic carbocycles. The number of para-hydroxylation sites is 5. The summed E-state index contributed by atoms with van der Waals surface area (Å²) in [7, 11) is -1.34. The van der Waals surface area contributed by atoms with Gasteiger partial charge in [0.15, 0.2) is 0 Å². The van der Waals surface area contributed by atoms with Crippen molar-refractivity contribution in [3.63, 3.8) is 0 Å². The van der Waals surface area contributed by atoms with Crippen molar-refractivity contribution in [3.05, 3.63) is 460 Å². The molecule has 146 heavy (non-hydrogen) atoms. The molecule has 0 bridgehead atoms. The molecule has 0 saturated carbocycles. The molecule has 0 aliphatic rings. The maximum Gasteiger partial charge on any atom is 0.0991 e. The third-order valence-electron chi connectivity index (χ3n) is 32.3. The van der Waals surface area contributed by atoms with Crippen LogP contribution in [0.15, 0.2) is 443 Å². The largest absolute Gasteiger partial charge is 0.308 e. The first-order valence-corrected chi connectivity index (χ1v) is 54.5. The molecule has 6 nitrogen and oxygen atoms in total. The maximum absolute atomic E-state index is 9.26. The molecule has 0 amide bonds. The van der Waals surface area contributed by atoms with Crippen LogP contribution in [0.4, 0.5) is 0 Å². The zero-order valence-corrected chi connectivity index (χ0v) is 82.8. The first-order chi connectivity index (χ1) is 71.6. The number of fused-ring (bicyclic) bond motifs is 43. The van der Waals surface area contributed by atoms with E-state index in [9.17, 15) is 5.26 Å². The van der Waals surface area contributed by atoms with Crippen LogP contribution < -0.4 is 5.19 Å². The van der Waals surface area contributed by atoms with Gasteiger partial charge >= 0.3 is 0 Å². The van der Waals surface area contributed by atoms with Gasteiger partial charge in [0.05, 0.1) is 102 Å². The number of nitrogens with zero attached hydrogens (tertiary/aromatic N) is 6. The summed E-state index contributed by atoms with van der Waals surface area (Å²) in [5.74, 6) is 0. The van der Waals surface area contributed by atoms with Gasteiger partial charge in [-0.3, -0.25) is 0 Å². The molecular weight excluding hydrogens is 1780 g/mol. The van der Waals surface area contributed by atoms with Gasteiger partial charge in [0.1, 0.15) is 0 Å². The lowest BCUT2D eigenvalue weighted by Gasteiger charge is -2.19. The number of hydrogen-bond donors (Lipinski definition) is 0. The molecule has 10 aromatic heterocycles. The van der Waals surface area contributed by atoms with Gasteiger partial charge in [0, 0.05) is 108 Å². The molecule has 0 fully saturated rings. The monoisotopic (exact) mass is 1870 g/mol. The van der Waals surface area contributed by atoms with E-state index in [0.29, 0.717) is 5.56 Å². The van der Waals surface area contributed by atoms with Gasteiger partial charge in [0.2, 0.25) is 0 Å². The van der Waals surface area contributed by atoms with E-state index >= 15 is 0 Å². The van der Waals surface area contributed by atoms with Crippen LogP contribution in [-0.4, -0.2) is 30.1 Å². The Morgan fingerprint density at radius 2 is 0.459 bits per heavy atom. The summed E-state index contributed by atoms with van der Waals surface area (Å²) in [5, 5.41) is 55.6. The summed E-state index contributed by atoms with van der Waals surface area (Å²) in [6, 6.07) is 165. The Balaban J connectivity index is 0.0000000854. The number of aryl methyl sites for hydroxylation is 1. The molecule has 0 aliphatic carbocycles. The quantitative estimate of drug-likeness (QED) is 0.128. The lowest BCUT2D eigenvalue weighted by atomic mass is 9.86. The minimum atomic E-state index is -1.34. The molecular formula is C139H94N6Si. The standard InChI is InChI=1S/C36H21N.C32H25N.C25H21NSi.C23H12N2.C23H15N/c1-3-8-27-22(6-1)12-13-26-20-24(14-17-28(26)27)25-16-18-33-32(21-25)30-10-5-11-31-35-29-9-4-2-7-23(29)15-19-34(35)37(33)36(30)31;1-32(2,3)23-15-11-20(12-16-23)22-14-17-28-27(19-22)25-9-6-10-26-30-24-8-5-4-7-21(24)13-18-29(30)33(28)31(25)26;1-27(2,3)17-12-14-22-21(15-17)19-9-6-10-20-24-18-8-5-4-7-16(18)11-13-23(24)26(22)25(19)20;24-13-14-8-10-20-19(12-14)17-6-3-7-18-22-16-5-2-1-4-15(16)9-11-21(22)25(20)23(17)18;1-14-9-11-20-19(13-14)17-7-4-8-18-22-16-6-3-2-5-15(16)10-12-21(22)24(20)23(17)18/h1-21H;4-19H,1-3H3;4-15H,1-3H3;1-12H;2-13H,1H3. The fourth-order valence-corrected chi connectivity index (χ4v) is 26.8. The molecule has 0 N–H and O–H groups in total. The van der Waals surface area contributed by atoms with E-state index in [2.05, 4.69) is 506 Å². The van der Waals surface area contributed by atoms with Gasteiger partial charge < -0.3 is 22.0 Å². The van der Waals surface area contributed by atoms with Gasteiger partial charge in [0.25, 0.3) is 0 Å². The Hall–Kier alpha value is -18.2. The van der Waals surface area contributed by atoms with Crippen molar-refractivity contribution in [1.82, 2.24) is 22.0 Å². The van der Waals surface area contributed by atoms with Crippen LogP contribution in [-0.2, 0) is 5.41 Å². The van der Waals surface area contributed by atoms with Gasteiger partial charge in [-0.1, -0.05) is 397 Å². The van der Waals surface area contributed by atoms with Crippen molar-refractivity contribution >= 4 is 279 Å². The van der Waals surface area contributed by atoms with Crippen molar-refractivity contribution in [2.75, 3.05) is 0 Å². The lowest BCUT2D eigenvalue weighted by Crippen LogP contribution is -2.37. The second-order valence-electron chi connectivity index (χ2n) is 42.4. The Morgan fingerprint density at radius 1 is 0.199 bits per heavy atom. The number of benzene rings is 24. The van der Waals surface area contributed by atoms with E-state index in [1.54, 1.807) is 0 Å². The molecule has 684 valence electrons. The zero-order chi connectivity index (χ0) is 97.1. The van der Waals surface area contributed by atoms with E-state index in [0.717, 1.165) is 10.9 Å². The number of hydrogen-bond acceptors (Lipinski definition) is 1. The second kappa shape index (κ2) is 31.2. The van der Waals surface area contributed by atoms with Gasteiger partial charge in [-0.05, 0) is 213 Å². The van der Waals surface area contributed by atoms with Crippen molar-refractivity contribution < 1.29 is 0 Å². The zero-order valence-electron chi connectivity index (χ0n) is 81.8. The molecule has 0 aliphatic heterocycles. The third kappa shape index (κ3) is 12.1. The van der Waals surface area contributed by atoms with Crippen LogP contribution in [0.5, 0.6) is 0 Å². The smallest absolute Gasteiger partial charge is 0.0991 e. The van der Waals surface area contributed by atoms with E-state index in [4.69, 9.17) is 0 Å². The van der Waals surface area contributed by atoms with Crippen molar-refractivity contribution in [1.29, 1.82) is 5.26 Å². The van der Waals surface area contributed by atoms with E-state index < -0.39 is 8.07 Å². The summed E-state index contributed by atoms with van der Waals surface area (Å²) in [5.41, 5.74) is 28.0. The number of aromatic nitrogens is 5. The first-order valence-electron chi connectivity index (χ1n) is 51.0. The molecule has 34 rings (SSSR count). The fourth-order valence-electron chi connectivity index (χ4n) is 25.6. The molecule has 0 unspecified atom stereocenters. The summed E-state index contributed by atoms with van der Waals surface area (Å²) in [6.45, 7) is 16.2. The molecule has 0 radical (unpaired) electrons. The highest BCUT2D eigenvalue weighted by Crippen LogP contribution is 2.50. The van der Waals surface area contributed by atoms with Gasteiger partial charge in [-0.25, -0.2) is 0 Å². The summed E-state index contributed by atoms with van der Waals surface area (Å²) in [6.07, 6.45) is 0. The van der Waals surface area contributed by atoms with Crippen LogP contribution in [0, 0.1) is 18.3 Å². The highest BCUT2D eigenvalue weighted by Gasteiger charge is 2.28. The Kier molecular flexibility index (Phi) is 17.8. The number of rotatable bonds is 3. The predicted molar refractivity (Wildman–Crippen MR) is 630 cm³/mol. The minimum Gasteiger partial charge on any atom is -0.308 e. The van der Waals surface area contributed by atoms with Crippen LogP contribution in [0.1, 0.15) is 37.5 Å². The normalized spacial score (nSPS) is 12.5.